The molecule has 1 aromatic heterocycles. The van der Waals surface area contributed by atoms with Crippen molar-refractivity contribution in [3.63, 3.8) is 0 Å². The molecule has 0 radical (unpaired) electrons. The number of hydrogen-bond acceptors (Lipinski definition) is 8. The summed E-state index contributed by atoms with van der Waals surface area (Å²) in [7, 11) is -3.33. The predicted octanol–water partition coefficient (Wildman–Crippen LogP) is 5.65. The number of hydrogen-bond donors (Lipinski definition) is 2. The maximum Gasteiger partial charge on any atom is 0.412 e. The quantitative estimate of drug-likeness (QED) is 0.192. The van der Waals surface area contributed by atoms with E-state index in [0.29, 0.717) is 24.7 Å². The van der Waals surface area contributed by atoms with Gasteiger partial charge in [0.15, 0.2) is 6.61 Å². The minimum absolute atomic E-state index is 0.159. The molecule has 2 aromatic rings. The van der Waals surface area contributed by atoms with E-state index in [1.807, 2.05) is 36.1 Å². The molecule has 0 aliphatic heterocycles. The lowest BCUT2D eigenvalue weighted by molar-refractivity contribution is -0.156. The van der Waals surface area contributed by atoms with Crippen LogP contribution in [0.2, 0.25) is 5.02 Å². The molecule has 2 rings (SSSR count). The number of pyridine rings is 1. The lowest BCUT2D eigenvalue weighted by atomic mass is 10.1. The van der Waals surface area contributed by atoms with Crippen molar-refractivity contribution in [1.29, 1.82) is 0 Å². The second kappa shape index (κ2) is 15.0. The molecule has 0 amide bonds. The number of anilines is 1. The Morgan fingerprint density at radius 1 is 1.21 bits per heavy atom. The molecule has 2 N–H and O–H groups in total. The number of esters is 1. The van der Waals surface area contributed by atoms with Crippen molar-refractivity contribution in [3.8, 4) is 0 Å². The Bertz CT molecular complexity index is 1090. The Balaban J connectivity index is 1.85. The van der Waals surface area contributed by atoms with Crippen molar-refractivity contribution in [3.05, 3.63) is 35.5 Å². The van der Waals surface area contributed by atoms with Crippen LogP contribution in [0.25, 0.3) is 10.9 Å². The maximum atomic E-state index is 12.8. The van der Waals surface area contributed by atoms with Gasteiger partial charge in [-0.05, 0) is 64.0 Å². The molecule has 0 bridgehead atoms. The average molecular weight is 583 g/mol. The molecule has 0 aliphatic rings. The Morgan fingerprint density at radius 2 is 1.95 bits per heavy atom. The summed E-state index contributed by atoms with van der Waals surface area (Å²) in [6, 6.07) is 6.44. The molecule has 3 atom stereocenters. The van der Waals surface area contributed by atoms with Crippen molar-refractivity contribution >= 4 is 41.9 Å². The smallest absolute Gasteiger partial charge is 0.412 e. The molecule has 0 spiro atoms. The second-order valence-corrected chi connectivity index (χ2v) is 10.9. The van der Waals surface area contributed by atoms with Crippen LogP contribution in [-0.2, 0) is 23.1 Å². The number of benzene rings is 1. The van der Waals surface area contributed by atoms with Gasteiger partial charge in [-0.2, -0.15) is 13.2 Å². The molecule has 0 saturated heterocycles. The second-order valence-electron chi connectivity index (χ2n) is 8.74. The highest BCUT2D eigenvalue weighted by Crippen LogP contribution is 2.45. The molecule has 1 unspecified atom stereocenters. The summed E-state index contributed by atoms with van der Waals surface area (Å²) in [5.74, 6) is -0.814. The molecule has 214 valence electrons. The van der Waals surface area contributed by atoms with E-state index in [0.717, 1.165) is 36.5 Å². The number of rotatable bonds is 16. The van der Waals surface area contributed by atoms with E-state index in [1.165, 1.54) is 6.92 Å². The van der Waals surface area contributed by atoms with E-state index in [2.05, 4.69) is 31.6 Å². The molecule has 1 aromatic carbocycles. The summed E-state index contributed by atoms with van der Waals surface area (Å²) >= 11 is 6.06. The van der Waals surface area contributed by atoms with Gasteiger partial charge in [-0.25, -0.2) is 9.65 Å². The van der Waals surface area contributed by atoms with E-state index in [1.54, 1.807) is 6.20 Å². The standard InChI is InChI=1S/C24H35ClF3N4O5P/c1-5-32(13-14-36-38(34,37-16-24(26,27)28)31-18(3)23(33)35-4)12-6-7-17(2)30-21-10-11-29-22-15-19(25)8-9-20(21)22/h8-11,15,17-18H,5-7,12-14,16H2,1-4H3,(H,29,30)(H,31,34)/t17-,18+,38?/m1/s1. The summed E-state index contributed by atoms with van der Waals surface area (Å²) in [4.78, 5) is 18.0. The molecule has 38 heavy (non-hydrogen) atoms. The number of aromatic nitrogens is 1. The predicted molar refractivity (Wildman–Crippen MR) is 141 cm³/mol. The Morgan fingerprint density at radius 3 is 2.61 bits per heavy atom. The molecular formula is C24H35ClF3N4O5P. The first-order valence-electron chi connectivity index (χ1n) is 12.2. The number of carbonyl (C=O) groups excluding carboxylic acids is 1. The Labute approximate surface area is 225 Å². The van der Waals surface area contributed by atoms with Gasteiger partial charge >= 0.3 is 19.9 Å². The third-order valence-electron chi connectivity index (χ3n) is 5.64. The van der Waals surface area contributed by atoms with E-state index in [-0.39, 0.29) is 12.6 Å². The highest BCUT2D eigenvalue weighted by molar-refractivity contribution is 7.51. The third-order valence-corrected chi connectivity index (χ3v) is 7.57. The number of likely N-dealkylation sites (N-methyl/N-ethyl adjacent to an activating group) is 1. The molecule has 1 heterocycles. The fourth-order valence-electron chi connectivity index (χ4n) is 3.66. The Kier molecular flexibility index (Phi) is 12.7. The number of carbonyl (C=O) groups is 1. The largest absolute Gasteiger partial charge is 0.468 e. The zero-order valence-electron chi connectivity index (χ0n) is 21.9. The summed E-state index contributed by atoms with van der Waals surface area (Å²) < 4.78 is 65.1. The van der Waals surface area contributed by atoms with Crippen LogP contribution in [0.3, 0.4) is 0 Å². The number of methoxy groups -OCH3 is 1. The number of fused-ring (bicyclic) bond motifs is 1. The van der Waals surface area contributed by atoms with Gasteiger partial charge in [0.05, 0.1) is 19.2 Å². The first-order chi connectivity index (χ1) is 17.9. The third kappa shape index (κ3) is 11.0. The van der Waals surface area contributed by atoms with E-state index in [4.69, 9.17) is 16.1 Å². The topological polar surface area (TPSA) is 102 Å². The zero-order chi connectivity index (χ0) is 28.3. The normalized spacial score (nSPS) is 15.3. The van der Waals surface area contributed by atoms with Crippen LogP contribution in [0, 0.1) is 0 Å². The summed E-state index contributed by atoms with van der Waals surface area (Å²) in [6.45, 7) is 5.00. The molecule has 9 nitrogen and oxygen atoms in total. The van der Waals surface area contributed by atoms with E-state index in [9.17, 15) is 22.5 Å². The van der Waals surface area contributed by atoms with E-state index >= 15 is 0 Å². The molecular weight excluding hydrogens is 548 g/mol. The minimum Gasteiger partial charge on any atom is -0.468 e. The van der Waals surface area contributed by atoms with Crippen LogP contribution < -0.4 is 10.4 Å². The minimum atomic E-state index is -4.72. The number of alkyl halides is 3. The average Bonchev–Trinajstić information content (AvgIpc) is 2.85. The lowest BCUT2D eigenvalue weighted by Crippen LogP contribution is -2.35. The first kappa shape index (κ1) is 32.3. The van der Waals surface area contributed by atoms with E-state index < -0.39 is 32.5 Å². The van der Waals surface area contributed by atoms with Crippen molar-refractivity contribution in [2.45, 2.75) is 51.9 Å². The Hall–Kier alpha value is -1.95. The van der Waals surface area contributed by atoms with Gasteiger partial charge in [-0.1, -0.05) is 18.5 Å². The number of nitrogens with zero attached hydrogens (tertiary/aromatic N) is 2. The monoisotopic (exact) mass is 582 g/mol. The molecule has 0 aliphatic carbocycles. The van der Waals surface area contributed by atoms with Gasteiger partial charge in [0, 0.05) is 34.9 Å². The van der Waals surface area contributed by atoms with Gasteiger partial charge in [-0.15, -0.1) is 0 Å². The van der Waals surface area contributed by atoms with Crippen molar-refractivity contribution < 1.29 is 36.3 Å². The number of ether oxygens (including phenoxy) is 1. The fraction of sp³-hybridized carbons (Fsp3) is 0.583. The molecule has 0 saturated carbocycles. The fourth-order valence-corrected chi connectivity index (χ4v) is 5.27. The van der Waals surface area contributed by atoms with Gasteiger partial charge in [0.1, 0.15) is 6.04 Å². The van der Waals surface area contributed by atoms with Crippen molar-refractivity contribution in [1.82, 2.24) is 15.0 Å². The van der Waals surface area contributed by atoms with Crippen LogP contribution in [0.5, 0.6) is 0 Å². The van der Waals surface area contributed by atoms with Gasteiger partial charge < -0.3 is 15.0 Å². The SMILES string of the molecule is CCN(CCC[C@@H](C)Nc1ccnc2cc(Cl)ccc12)CCOP(=O)(N[C@@H](C)C(=O)OC)OCC(F)(F)F. The van der Waals surface area contributed by atoms with Crippen LogP contribution in [-0.4, -0.2) is 74.1 Å². The van der Waals surface area contributed by atoms with Crippen LogP contribution >= 0.6 is 19.3 Å². The number of nitrogens with one attached hydrogen (secondary N) is 2. The molecule has 14 heteroatoms. The summed E-state index contributed by atoms with van der Waals surface area (Å²) in [5, 5.41) is 7.30. The first-order valence-corrected chi connectivity index (χ1v) is 14.1. The lowest BCUT2D eigenvalue weighted by Gasteiger charge is -2.25. The van der Waals surface area contributed by atoms with Crippen molar-refractivity contribution in [2.24, 2.45) is 0 Å². The van der Waals surface area contributed by atoms with Crippen molar-refractivity contribution in [2.75, 3.05) is 45.3 Å². The summed E-state index contributed by atoms with van der Waals surface area (Å²) in [5.41, 5.74) is 1.77. The van der Waals surface area contributed by atoms with Crippen LogP contribution in [0.15, 0.2) is 30.5 Å². The highest BCUT2D eigenvalue weighted by atomic mass is 35.5. The zero-order valence-corrected chi connectivity index (χ0v) is 23.5. The van der Waals surface area contributed by atoms with Crippen LogP contribution in [0.4, 0.5) is 18.9 Å². The highest BCUT2D eigenvalue weighted by Gasteiger charge is 2.37. The summed E-state index contributed by atoms with van der Waals surface area (Å²) in [6.07, 6.45) is -1.31. The van der Waals surface area contributed by atoms with Gasteiger partial charge in [-0.3, -0.25) is 18.8 Å². The van der Waals surface area contributed by atoms with Crippen LogP contribution in [0.1, 0.15) is 33.6 Å². The molecule has 0 fully saturated rings. The maximum absolute atomic E-state index is 12.8. The number of halogens is 4. The van der Waals surface area contributed by atoms with Gasteiger partial charge in [0.2, 0.25) is 0 Å². The van der Waals surface area contributed by atoms with Gasteiger partial charge in [0.25, 0.3) is 0 Å².